The predicted octanol–water partition coefficient (Wildman–Crippen LogP) is 21.0. The summed E-state index contributed by atoms with van der Waals surface area (Å²) in [4.78, 5) is 23.3. The van der Waals surface area contributed by atoms with Gasteiger partial charge in [-0.1, -0.05) is 207 Å². The van der Waals surface area contributed by atoms with Crippen molar-refractivity contribution < 1.29 is 56.3 Å². The average molecular weight is 1410 g/mol. The fourth-order valence-corrected chi connectivity index (χ4v) is 11.6. The van der Waals surface area contributed by atoms with Gasteiger partial charge in [-0.15, -0.1) is 10.2 Å². The highest BCUT2D eigenvalue weighted by atomic mass is 32.1. The zero-order valence-corrected chi connectivity index (χ0v) is 61.7. The summed E-state index contributed by atoms with van der Waals surface area (Å²) in [7, 11) is 0. The van der Waals surface area contributed by atoms with E-state index in [4.69, 9.17) is 37.9 Å². The smallest absolute Gasteiger partial charge is 0.305 e. The van der Waals surface area contributed by atoms with Crippen LogP contribution in [0.1, 0.15) is 247 Å². The van der Waals surface area contributed by atoms with E-state index in [-0.39, 0.29) is 29.9 Å². The van der Waals surface area contributed by atoms with Crippen LogP contribution in [-0.4, -0.2) is 75.0 Å². The lowest BCUT2D eigenvalue weighted by Crippen LogP contribution is -2.05. The molecule has 0 atom stereocenters. The molecule has 0 amide bonds. The van der Waals surface area contributed by atoms with Crippen LogP contribution in [0.25, 0.3) is 21.1 Å². The number of hydrogen-bond donors (Lipinski definition) is 0. The molecule has 12 nitrogen and oxygen atoms in total. The molecule has 0 bridgehead atoms. The minimum atomic E-state index is -1.09. The minimum Gasteiger partial charge on any atom is -0.494 e. The summed E-state index contributed by atoms with van der Waals surface area (Å²) in [5, 5.41) is 10.7. The van der Waals surface area contributed by atoms with Gasteiger partial charge in [-0.25, -0.2) is 4.39 Å². The van der Waals surface area contributed by atoms with Crippen LogP contribution in [0.2, 0.25) is 0 Å². The van der Waals surface area contributed by atoms with E-state index >= 15 is 8.78 Å². The first kappa shape index (κ1) is 80.0. The Labute approximate surface area is 609 Å². The minimum absolute atomic E-state index is 0.114. The first-order valence-electron chi connectivity index (χ1n) is 37.2. The summed E-state index contributed by atoms with van der Waals surface area (Å²) in [5.74, 6) is 26.5. The van der Waals surface area contributed by atoms with Crippen molar-refractivity contribution >= 4 is 23.3 Å². The molecule has 0 spiro atoms. The third-order valence-electron chi connectivity index (χ3n) is 16.6. The Morgan fingerprint density at radius 2 is 0.647 bits per heavy atom. The molecule has 1 heterocycles. The van der Waals surface area contributed by atoms with Gasteiger partial charge in [0.2, 0.25) is 5.82 Å². The maximum atomic E-state index is 15.6. The number of esters is 2. The zero-order chi connectivity index (χ0) is 72.2. The van der Waals surface area contributed by atoms with Crippen LogP contribution < -0.4 is 28.4 Å². The van der Waals surface area contributed by atoms with Crippen molar-refractivity contribution in [2.75, 3.05) is 52.9 Å². The maximum Gasteiger partial charge on any atom is 0.305 e. The van der Waals surface area contributed by atoms with Crippen LogP contribution in [0, 0.1) is 59.0 Å². The number of benzene rings is 6. The van der Waals surface area contributed by atoms with Crippen molar-refractivity contribution in [2.24, 2.45) is 0 Å². The normalized spacial score (nSPS) is 10.6. The number of unbranched alkanes of at least 4 members (excludes halogenated alkanes) is 17. The van der Waals surface area contributed by atoms with Gasteiger partial charge in [-0.2, -0.15) is 4.39 Å². The molecule has 0 saturated carbocycles. The van der Waals surface area contributed by atoms with E-state index in [1.165, 1.54) is 62.0 Å². The predicted molar refractivity (Wildman–Crippen MR) is 405 cm³/mol. The third-order valence-corrected chi connectivity index (χ3v) is 17.6. The number of aromatic nitrogens is 2. The van der Waals surface area contributed by atoms with Crippen molar-refractivity contribution in [3.05, 3.63) is 165 Å². The van der Waals surface area contributed by atoms with Gasteiger partial charge in [0.1, 0.15) is 38.8 Å². The molecule has 0 aliphatic heterocycles. The summed E-state index contributed by atoms with van der Waals surface area (Å²) in [6.07, 6.45) is 23.0. The second-order valence-electron chi connectivity index (χ2n) is 24.9. The molecule has 15 heteroatoms. The van der Waals surface area contributed by atoms with E-state index < -0.39 is 11.6 Å². The van der Waals surface area contributed by atoms with Crippen LogP contribution in [0.3, 0.4) is 0 Å². The van der Waals surface area contributed by atoms with Gasteiger partial charge >= 0.3 is 11.9 Å². The monoisotopic (exact) mass is 1400 g/mol. The number of hydrogen-bond acceptors (Lipinski definition) is 13. The fraction of sp³-hybridized carbons (Fsp3) is 0.448. The summed E-state index contributed by atoms with van der Waals surface area (Å²) >= 11 is 1.50. The first-order valence-corrected chi connectivity index (χ1v) is 38.0. The van der Waals surface area contributed by atoms with Gasteiger partial charge in [0.05, 0.1) is 80.7 Å². The van der Waals surface area contributed by atoms with Gasteiger partial charge in [0, 0.05) is 64.9 Å². The highest BCUT2D eigenvalue weighted by Crippen LogP contribution is 2.34. The quantitative estimate of drug-likeness (QED) is 0.0205. The Balaban J connectivity index is 1.05. The molecule has 0 aliphatic rings. The van der Waals surface area contributed by atoms with Crippen molar-refractivity contribution in [3.8, 4) is 103 Å². The number of carbonyl (C=O) groups excluding carboxylic acids is 2. The second kappa shape index (κ2) is 47.0. The maximum absolute atomic E-state index is 15.6. The molecule has 0 unspecified atom stereocenters. The van der Waals surface area contributed by atoms with Gasteiger partial charge < -0.3 is 37.9 Å². The molecule has 102 heavy (non-hydrogen) atoms. The molecule has 0 N–H and O–H groups in total. The standard InChI is InChI=1S/C87H102F2N2O10S/c1-7-13-17-21-28-60-100-78-63-74(49-40-68-41-53-76(54-42-68)96-56-31-25-33-83(93)95-12-6)79(101-61-29-22-18-14-8-2)62-72(78)47-38-66-34-43-70(44-35-66)86-90-91-87(102-86)71-45-36-67(37-46-71)39-48-73-64-81(99-58-27-16-10-4)75(65-80(73)98-57-26-15-9-3)51-50-69-52-55-77(85(89)84(69)88)97-59-30-23-19-20-24-32-82(92)94-11-5/h34-37,41-46,52-55,62-65H,7-33,56-61H2,1-6H3. The Bertz CT molecular complexity index is 3950. The lowest BCUT2D eigenvalue weighted by molar-refractivity contribution is -0.144. The molecule has 0 aliphatic carbocycles. The van der Waals surface area contributed by atoms with Crippen molar-refractivity contribution in [1.29, 1.82) is 0 Å². The van der Waals surface area contributed by atoms with Crippen molar-refractivity contribution in [2.45, 2.75) is 202 Å². The van der Waals surface area contributed by atoms with Crippen LogP contribution in [0.5, 0.6) is 34.5 Å². The lowest BCUT2D eigenvalue weighted by atomic mass is 10.1. The van der Waals surface area contributed by atoms with E-state index in [1.807, 2.05) is 97.9 Å². The van der Waals surface area contributed by atoms with Crippen LogP contribution >= 0.6 is 11.3 Å². The molecule has 0 fully saturated rings. The van der Waals surface area contributed by atoms with E-state index in [1.54, 1.807) is 13.0 Å². The number of ether oxygens (including phenoxy) is 8. The molecular weight excluding hydrogens is 1300 g/mol. The van der Waals surface area contributed by atoms with Gasteiger partial charge in [-0.3, -0.25) is 9.59 Å². The van der Waals surface area contributed by atoms with Crippen LogP contribution in [0.15, 0.2) is 109 Å². The first-order chi connectivity index (χ1) is 50.0. The van der Waals surface area contributed by atoms with E-state index in [9.17, 15) is 9.59 Å². The molecule has 1 aromatic heterocycles. The Morgan fingerprint density at radius 1 is 0.333 bits per heavy atom. The third kappa shape index (κ3) is 28.6. The highest BCUT2D eigenvalue weighted by Gasteiger charge is 2.18. The Kier molecular flexibility index (Phi) is 36.9. The summed E-state index contributed by atoms with van der Waals surface area (Å²) in [5.41, 5.74) is 6.66. The number of rotatable bonds is 43. The van der Waals surface area contributed by atoms with Gasteiger partial charge in [-0.05, 0) is 126 Å². The van der Waals surface area contributed by atoms with Gasteiger partial charge in [0.15, 0.2) is 11.6 Å². The van der Waals surface area contributed by atoms with Crippen molar-refractivity contribution in [3.63, 3.8) is 0 Å². The van der Waals surface area contributed by atoms with E-state index in [0.29, 0.717) is 106 Å². The Hall–Kier alpha value is -9.28. The van der Waals surface area contributed by atoms with Gasteiger partial charge in [0.25, 0.3) is 0 Å². The van der Waals surface area contributed by atoms with Crippen LogP contribution in [-0.2, 0) is 19.1 Å². The Morgan fingerprint density at radius 3 is 1.06 bits per heavy atom. The molecule has 0 radical (unpaired) electrons. The van der Waals surface area contributed by atoms with E-state index in [0.717, 1.165) is 151 Å². The fourth-order valence-electron chi connectivity index (χ4n) is 10.7. The molecule has 6 aromatic carbocycles. The van der Waals surface area contributed by atoms with Crippen LogP contribution in [0.4, 0.5) is 8.78 Å². The number of nitrogens with zero attached hydrogens (tertiary/aromatic N) is 2. The summed E-state index contributed by atoms with van der Waals surface area (Å²) < 4.78 is 78.4. The lowest BCUT2D eigenvalue weighted by Gasteiger charge is -2.14. The SMILES string of the molecule is CCCCCCCOc1cc(C#Cc2ccc(-c3nnc(-c4ccc(C#Cc5cc(OCCCCC)c(C#Cc6ccc(OCCCCCCCC(=O)OCC)c(F)c6F)cc5OCCCCC)cc4)s3)cc2)c(OCCCCCCC)cc1C#Cc1ccc(OCCCCC(=O)OCC)cc1. The molecule has 7 rings (SSSR count). The second-order valence-corrected chi connectivity index (χ2v) is 25.9. The number of halogens is 2. The molecule has 0 saturated heterocycles. The molecule has 540 valence electrons. The molecule has 7 aromatic rings. The average Bonchev–Trinajstić information content (AvgIpc) is 1.25. The number of carbonyl (C=O) groups is 2. The zero-order valence-electron chi connectivity index (χ0n) is 60.9. The summed E-state index contributed by atoms with van der Waals surface area (Å²) in [6, 6.07) is 34.0. The topological polar surface area (TPSA) is 134 Å². The summed E-state index contributed by atoms with van der Waals surface area (Å²) in [6.45, 7) is 15.8. The van der Waals surface area contributed by atoms with Crippen molar-refractivity contribution in [1.82, 2.24) is 10.2 Å². The molecular formula is C87H102F2N2O10S. The van der Waals surface area contributed by atoms with E-state index in [2.05, 4.69) is 85.3 Å². The highest BCUT2D eigenvalue weighted by molar-refractivity contribution is 7.17. The largest absolute Gasteiger partial charge is 0.494 e.